The SMILES string of the molecule is CC(C)(C)c1cc(C(=O)NC2CCCCC2)cc(Cl)n1. The molecule has 0 unspecified atom stereocenters. The molecule has 1 aliphatic carbocycles. The lowest BCUT2D eigenvalue weighted by molar-refractivity contribution is 0.0927. The van der Waals surface area contributed by atoms with E-state index in [2.05, 4.69) is 31.1 Å². The summed E-state index contributed by atoms with van der Waals surface area (Å²) in [5.74, 6) is -0.0355. The van der Waals surface area contributed by atoms with E-state index in [1.807, 2.05) is 6.07 Å². The minimum atomic E-state index is -0.120. The predicted octanol–water partition coefficient (Wildman–Crippen LogP) is 4.10. The van der Waals surface area contributed by atoms with Crippen molar-refractivity contribution in [3.05, 3.63) is 28.5 Å². The molecule has 0 spiro atoms. The molecule has 0 radical (unpaired) electrons. The summed E-state index contributed by atoms with van der Waals surface area (Å²) in [7, 11) is 0. The normalized spacial score (nSPS) is 17.0. The van der Waals surface area contributed by atoms with E-state index >= 15 is 0 Å². The first-order chi connectivity index (χ1) is 9.36. The van der Waals surface area contributed by atoms with Crippen molar-refractivity contribution in [2.24, 2.45) is 0 Å². The van der Waals surface area contributed by atoms with Crippen LogP contribution in [-0.2, 0) is 5.41 Å². The monoisotopic (exact) mass is 294 g/mol. The van der Waals surface area contributed by atoms with Crippen LogP contribution in [0.1, 0.15) is 68.9 Å². The van der Waals surface area contributed by atoms with Crippen LogP contribution >= 0.6 is 11.6 Å². The summed E-state index contributed by atoms with van der Waals surface area (Å²) >= 11 is 6.05. The second-order valence-electron chi connectivity index (χ2n) is 6.62. The van der Waals surface area contributed by atoms with Crippen molar-refractivity contribution >= 4 is 17.5 Å². The van der Waals surface area contributed by atoms with Crippen LogP contribution in [0.3, 0.4) is 0 Å². The Labute approximate surface area is 126 Å². The van der Waals surface area contributed by atoms with Gasteiger partial charge in [-0.3, -0.25) is 4.79 Å². The van der Waals surface area contributed by atoms with E-state index in [1.165, 1.54) is 19.3 Å². The average Bonchev–Trinajstić information content (AvgIpc) is 2.38. The van der Waals surface area contributed by atoms with Gasteiger partial charge >= 0.3 is 0 Å². The molecule has 1 aromatic rings. The fraction of sp³-hybridized carbons (Fsp3) is 0.625. The predicted molar refractivity (Wildman–Crippen MR) is 82.3 cm³/mol. The molecule has 1 aromatic heterocycles. The smallest absolute Gasteiger partial charge is 0.251 e. The van der Waals surface area contributed by atoms with Gasteiger partial charge in [0.2, 0.25) is 0 Å². The second-order valence-corrected chi connectivity index (χ2v) is 7.01. The zero-order chi connectivity index (χ0) is 14.8. The third kappa shape index (κ3) is 3.95. The number of halogens is 1. The zero-order valence-electron chi connectivity index (χ0n) is 12.5. The highest BCUT2D eigenvalue weighted by Crippen LogP contribution is 2.24. The van der Waals surface area contributed by atoms with Crippen LogP contribution in [0.5, 0.6) is 0 Å². The van der Waals surface area contributed by atoms with E-state index in [0.717, 1.165) is 18.5 Å². The van der Waals surface area contributed by atoms with Gasteiger partial charge in [0.05, 0.1) is 0 Å². The standard InChI is InChI=1S/C16H23ClN2O/c1-16(2,3)13-9-11(10-14(17)19-13)15(20)18-12-7-5-4-6-8-12/h9-10,12H,4-8H2,1-3H3,(H,18,20). The first-order valence-corrected chi connectivity index (χ1v) is 7.73. The molecule has 1 N–H and O–H groups in total. The largest absolute Gasteiger partial charge is 0.349 e. The minimum Gasteiger partial charge on any atom is -0.349 e. The quantitative estimate of drug-likeness (QED) is 0.835. The number of pyridine rings is 1. The van der Waals surface area contributed by atoms with Gasteiger partial charge in [0.1, 0.15) is 5.15 Å². The lowest BCUT2D eigenvalue weighted by Gasteiger charge is -2.23. The Morgan fingerprint density at radius 2 is 1.90 bits per heavy atom. The fourth-order valence-corrected chi connectivity index (χ4v) is 2.74. The van der Waals surface area contributed by atoms with Crippen LogP contribution in [0.2, 0.25) is 5.15 Å². The third-order valence-corrected chi connectivity index (χ3v) is 3.96. The number of rotatable bonds is 2. The van der Waals surface area contributed by atoms with E-state index in [4.69, 9.17) is 11.6 Å². The van der Waals surface area contributed by atoms with Crippen LogP contribution in [0.25, 0.3) is 0 Å². The maximum absolute atomic E-state index is 12.3. The highest BCUT2D eigenvalue weighted by Gasteiger charge is 2.21. The van der Waals surface area contributed by atoms with E-state index in [9.17, 15) is 4.79 Å². The van der Waals surface area contributed by atoms with Crippen LogP contribution in [0.4, 0.5) is 0 Å². The second kappa shape index (κ2) is 6.13. The summed E-state index contributed by atoms with van der Waals surface area (Å²) < 4.78 is 0. The summed E-state index contributed by atoms with van der Waals surface area (Å²) in [5.41, 5.74) is 1.34. The van der Waals surface area contributed by atoms with Crippen molar-refractivity contribution in [1.29, 1.82) is 0 Å². The molecule has 110 valence electrons. The molecule has 1 amide bonds. The van der Waals surface area contributed by atoms with E-state index in [-0.39, 0.29) is 11.3 Å². The molecule has 0 aromatic carbocycles. The van der Waals surface area contributed by atoms with Gasteiger partial charge in [0.25, 0.3) is 5.91 Å². The molecule has 1 saturated carbocycles. The zero-order valence-corrected chi connectivity index (χ0v) is 13.3. The van der Waals surface area contributed by atoms with Gasteiger partial charge in [-0.15, -0.1) is 0 Å². The van der Waals surface area contributed by atoms with Gasteiger partial charge in [0, 0.05) is 22.7 Å². The number of aromatic nitrogens is 1. The first kappa shape index (κ1) is 15.3. The van der Waals surface area contributed by atoms with Gasteiger partial charge in [0.15, 0.2) is 0 Å². The summed E-state index contributed by atoms with van der Waals surface area (Å²) in [6.45, 7) is 6.19. The topological polar surface area (TPSA) is 42.0 Å². The van der Waals surface area contributed by atoms with Crippen molar-refractivity contribution in [3.63, 3.8) is 0 Å². The Kier molecular flexibility index (Phi) is 4.69. The Bertz CT molecular complexity index is 488. The maximum Gasteiger partial charge on any atom is 0.251 e. The Morgan fingerprint density at radius 3 is 2.50 bits per heavy atom. The Hall–Kier alpha value is -1.09. The van der Waals surface area contributed by atoms with Gasteiger partial charge < -0.3 is 5.32 Å². The summed E-state index contributed by atoms with van der Waals surface area (Å²) in [5, 5.41) is 3.50. The minimum absolute atomic E-state index is 0.0355. The van der Waals surface area contributed by atoms with Crippen LogP contribution in [-0.4, -0.2) is 16.9 Å². The molecule has 0 bridgehead atoms. The molecule has 4 heteroatoms. The van der Waals surface area contributed by atoms with Gasteiger partial charge in [-0.25, -0.2) is 4.98 Å². The van der Waals surface area contributed by atoms with Crippen molar-refractivity contribution in [1.82, 2.24) is 10.3 Å². The summed E-state index contributed by atoms with van der Waals surface area (Å²) in [6.07, 6.45) is 5.85. The van der Waals surface area contributed by atoms with E-state index < -0.39 is 0 Å². The third-order valence-electron chi connectivity index (χ3n) is 3.77. The Balaban J connectivity index is 2.14. The molecular weight excluding hydrogens is 272 g/mol. The van der Waals surface area contributed by atoms with Crippen molar-refractivity contribution in [3.8, 4) is 0 Å². The highest BCUT2D eigenvalue weighted by atomic mass is 35.5. The summed E-state index contributed by atoms with van der Waals surface area (Å²) in [4.78, 5) is 16.7. The molecular formula is C16H23ClN2O. The molecule has 0 atom stereocenters. The van der Waals surface area contributed by atoms with Crippen molar-refractivity contribution in [2.45, 2.75) is 64.3 Å². The van der Waals surface area contributed by atoms with Crippen LogP contribution < -0.4 is 5.32 Å². The molecule has 1 fully saturated rings. The molecule has 0 saturated heterocycles. The van der Waals surface area contributed by atoms with Crippen LogP contribution in [0, 0.1) is 0 Å². The van der Waals surface area contributed by atoms with Gasteiger partial charge in [-0.2, -0.15) is 0 Å². The maximum atomic E-state index is 12.3. The number of carbonyl (C=O) groups is 1. The molecule has 20 heavy (non-hydrogen) atoms. The van der Waals surface area contributed by atoms with E-state index in [0.29, 0.717) is 16.8 Å². The van der Waals surface area contributed by atoms with Crippen LogP contribution in [0.15, 0.2) is 12.1 Å². The lowest BCUT2D eigenvalue weighted by atomic mass is 9.90. The highest BCUT2D eigenvalue weighted by molar-refractivity contribution is 6.29. The van der Waals surface area contributed by atoms with Crippen molar-refractivity contribution in [2.75, 3.05) is 0 Å². The Morgan fingerprint density at radius 1 is 1.25 bits per heavy atom. The van der Waals surface area contributed by atoms with Gasteiger partial charge in [-0.05, 0) is 25.0 Å². The number of hydrogen-bond acceptors (Lipinski definition) is 2. The van der Waals surface area contributed by atoms with Gasteiger partial charge in [-0.1, -0.05) is 51.6 Å². The molecule has 3 nitrogen and oxygen atoms in total. The molecule has 1 aliphatic rings. The molecule has 1 heterocycles. The average molecular weight is 295 g/mol. The number of carbonyl (C=O) groups excluding carboxylic acids is 1. The molecule has 2 rings (SSSR count). The number of nitrogens with zero attached hydrogens (tertiary/aromatic N) is 1. The first-order valence-electron chi connectivity index (χ1n) is 7.35. The van der Waals surface area contributed by atoms with E-state index in [1.54, 1.807) is 6.07 Å². The van der Waals surface area contributed by atoms with Crippen molar-refractivity contribution < 1.29 is 4.79 Å². The lowest BCUT2D eigenvalue weighted by Crippen LogP contribution is -2.36. The summed E-state index contributed by atoms with van der Waals surface area (Å²) in [6, 6.07) is 3.81. The number of amides is 1. The molecule has 0 aliphatic heterocycles. The number of nitrogens with one attached hydrogen (secondary N) is 1. The fourth-order valence-electron chi connectivity index (χ4n) is 2.53. The number of hydrogen-bond donors (Lipinski definition) is 1.